The molecular weight excluding hydrogens is 457 g/mol. The summed E-state index contributed by atoms with van der Waals surface area (Å²) >= 11 is 3.13. The molecule has 3 rings (SSSR count). The molecule has 0 bridgehead atoms. The Bertz CT molecular complexity index is 871. The van der Waals surface area contributed by atoms with Crippen molar-refractivity contribution in [1.29, 1.82) is 0 Å². The number of piperidine rings is 1. The Kier molecular flexibility index (Phi) is 6.51. The van der Waals surface area contributed by atoms with Gasteiger partial charge in [0.1, 0.15) is 12.4 Å². The largest absolute Gasteiger partial charge is 0.573 e. The fraction of sp³-hybridized carbons (Fsp3) is 0.368. The van der Waals surface area contributed by atoms with Gasteiger partial charge in [-0.2, -0.15) is 0 Å². The maximum atomic E-state index is 12.6. The highest BCUT2D eigenvalue weighted by Crippen LogP contribution is 2.31. The van der Waals surface area contributed by atoms with Crippen LogP contribution in [-0.4, -0.2) is 40.5 Å². The summed E-state index contributed by atoms with van der Waals surface area (Å²) in [6.45, 7) is 0.722. The molecule has 1 saturated heterocycles. The van der Waals surface area contributed by atoms with Crippen molar-refractivity contribution in [3.8, 4) is 11.6 Å². The molecule has 1 fully saturated rings. The highest BCUT2D eigenvalue weighted by Gasteiger charge is 2.32. The molecule has 1 aromatic carbocycles. The van der Waals surface area contributed by atoms with Crippen molar-refractivity contribution in [2.45, 2.75) is 31.7 Å². The van der Waals surface area contributed by atoms with Crippen molar-refractivity contribution >= 4 is 22.0 Å². The Morgan fingerprint density at radius 3 is 2.62 bits per heavy atom. The van der Waals surface area contributed by atoms with E-state index < -0.39 is 12.5 Å². The maximum Gasteiger partial charge on any atom is 0.573 e. The molecule has 29 heavy (non-hydrogen) atoms. The van der Waals surface area contributed by atoms with Gasteiger partial charge in [-0.1, -0.05) is 28.1 Å². The second-order valence-electron chi connectivity index (χ2n) is 6.53. The lowest BCUT2D eigenvalue weighted by Crippen LogP contribution is -2.36. The molecule has 1 aliphatic heterocycles. The number of hydrogen-bond acceptors (Lipinski definition) is 4. The van der Waals surface area contributed by atoms with E-state index in [4.69, 9.17) is 9.84 Å². The zero-order valence-electron chi connectivity index (χ0n) is 15.2. The third-order valence-corrected chi connectivity index (χ3v) is 5.05. The number of rotatable bonds is 5. The molecular formula is C19H18BrF3N2O4. The second kappa shape index (κ2) is 8.89. The summed E-state index contributed by atoms with van der Waals surface area (Å²) < 4.78 is 48.0. The van der Waals surface area contributed by atoms with Gasteiger partial charge in [0.2, 0.25) is 5.88 Å². The highest BCUT2D eigenvalue weighted by molar-refractivity contribution is 9.10. The van der Waals surface area contributed by atoms with Gasteiger partial charge in [-0.15, -0.1) is 13.2 Å². The number of nitrogens with zero attached hydrogens (tertiary/aromatic N) is 2. The van der Waals surface area contributed by atoms with Crippen LogP contribution >= 0.6 is 15.9 Å². The van der Waals surface area contributed by atoms with Gasteiger partial charge in [-0.25, -0.2) is 9.78 Å². The first-order valence-electron chi connectivity index (χ1n) is 8.83. The summed E-state index contributed by atoms with van der Waals surface area (Å²) in [5, 5.41) is 9.03. The van der Waals surface area contributed by atoms with Gasteiger partial charge in [0, 0.05) is 40.8 Å². The van der Waals surface area contributed by atoms with Gasteiger partial charge in [-0.3, -0.25) is 0 Å². The number of likely N-dealkylation sites (tertiary alicyclic amines) is 1. The van der Waals surface area contributed by atoms with Crippen molar-refractivity contribution in [3.63, 3.8) is 0 Å². The van der Waals surface area contributed by atoms with Crippen LogP contribution in [0.3, 0.4) is 0 Å². The first kappa shape index (κ1) is 21.2. The Morgan fingerprint density at radius 2 is 1.97 bits per heavy atom. The average Bonchev–Trinajstić information content (AvgIpc) is 2.66. The fourth-order valence-electron chi connectivity index (χ4n) is 3.12. The molecule has 0 aliphatic carbocycles. The van der Waals surface area contributed by atoms with E-state index in [1.165, 1.54) is 17.0 Å². The summed E-state index contributed by atoms with van der Waals surface area (Å²) in [4.78, 5) is 16.8. The molecule has 2 aromatic rings. The van der Waals surface area contributed by atoms with E-state index in [2.05, 4.69) is 25.7 Å². The topological polar surface area (TPSA) is 71.9 Å². The molecule has 1 aliphatic rings. The first-order chi connectivity index (χ1) is 13.7. The van der Waals surface area contributed by atoms with Crippen LogP contribution in [0.2, 0.25) is 0 Å². The Morgan fingerprint density at radius 1 is 1.24 bits per heavy atom. The lowest BCUT2D eigenvalue weighted by Gasteiger charge is -2.29. The second-order valence-corrected chi connectivity index (χ2v) is 7.45. The lowest BCUT2D eigenvalue weighted by molar-refractivity contribution is -0.275. The predicted molar refractivity (Wildman–Crippen MR) is 101 cm³/mol. The van der Waals surface area contributed by atoms with Crippen LogP contribution < -0.4 is 9.47 Å². The number of carbonyl (C=O) groups is 1. The number of aromatic nitrogens is 1. The van der Waals surface area contributed by atoms with Gasteiger partial charge in [0.15, 0.2) is 0 Å². The van der Waals surface area contributed by atoms with E-state index >= 15 is 0 Å². The van der Waals surface area contributed by atoms with Crippen molar-refractivity contribution in [2.75, 3.05) is 13.1 Å². The number of halogens is 4. The first-order valence-corrected chi connectivity index (χ1v) is 9.62. The van der Waals surface area contributed by atoms with Crippen LogP contribution in [0.1, 0.15) is 30.0 Å². The highest BCUT2D eigenvalue weighted by atomic mass is 79.9. The van der Waals surface area contributed by atoms with E-state index in [0.717, 1.165) is 5.69 Å². The molecule has 0 spiro atoms. The molecule has 156 valence electrons. The normalized spacial score (nSPS) is 15.2. The summed E-state index contributed by atoms with van der Waals surface area (Å²) in [6.07, 6.45) is -4.43. The molecule has 0 atom stereocenters. The number of ether oxygens (including phenoxy) is 2. The minimum absolute atomic E-state index is 0.103. The number of pyridine rings is 1. The monoisotopic (exact) mass is 474 g/mol. The van der Waals surface area contributed by atoms with Crippen molar-refractivity contribution in [3.05, 3.63) is 52.1 Å². The standard InChI is InChI=1S/C19H18BrF3N2O4/c20-14-5-4-13(16(10-14)29-19(21,22)23)11-28-17-3-1-2-15(24-17)12-6-8-25(9-7-12)18(26)27/h1-5,10,12H,6-9,11H2,(H,26,27). The van der Waals surface area contributed by atoms with E-state index in [0.29, 0.717) is 30.4 Å². The predicted octanol–water partition coefficient (Wildman–Crippen LogP) is 5.18. The van der Waals surface area contributed by atoms with Crippen LogP contribution in [0.4, 0.5) is 18.0 Å². The fourth-order valence-corrected chi connectivity index (χ4v) is 3.46. The van der Waals surface area contributed by atoms with E-state index in [1.807, 2.05) is 6.07 Å². The van der Waals surface area contributed by atoms with Crippen LogP contribution in [0.15, 0.2) is 40.9 Å². The number of alkyl halides is 3. The van der Waals surface area contributed by atoms with Crippen LogP contribution in [-0.2, 0) is 6.61 Å². The molecule has 2 heterocycles. The lowest BCUT2D eigenvalue weighted by atomic mass is 9.93. The molecule has 0 radical (unpaired) electrons. The molecule has 6 nitrogen and oxygen atoms in total. The SMILES string of the molecule is O=C(O)N1CCC(c2cccc(OCc3ccc(Br)cc3OC(F)(F)F)n2)CC1. The van der Waals surface area contributed by atoms with Gasteiger partial charge in [-0.05, 0) is 31.0 Å². The van der Waals surface area contributed by atoms with Gasteiger partial charge in [0.05, 0.1) is 0 Å². The zero-order valence-corrected chi connectivity index (χ0v) is 16.7. The van der Waals surface area contributed by atoms with Crippen molar-refractivity contribution in [2.24, 2.45) is 0 Å². The third-order valence-electron chi connectivity index (χ3n) is 4.56. The smallest absolute Gasteiger partial charge is 0.473 e. The summed E-state index contributed by atoms with van der Waals surface area (Å²) in [6, 6.07) is 9.53. The minimum atomic E-state index is -4.81. The van der Waals surface area contributed by atoms with Crippen LogP contribution in [0.25, 0.3) is 0 Å². The Labute approximate surface area is 173 Å². The molecule has 10 heteroatoms. The van der Waals surface area contributed by atoms with Gasteiger partial charge in [0.25, 0.3) is 0 Å². The zero-order chi connectivity index (χ0) is 21.0. The van der Waals surface area contributed by atoms with Crippen molar-refractivity contribution < 1.29 is 32.5 Å². The molecule has 0 saturated carbocycles. The van der Waals surface area contributed by atoms with Gasteiger partial charge >= 0.3 is 12.5 Å². The van der Waals surface area contributed by atoms with E-state index in [9.17, 15) is 18.0 Å². The number of amides is 1. The summed E-state index contributed by atoms with van der Waals surface area (Å²) in [5.41, 5.74) is 1.00. The summed E-state index contributed by atoms with van der Waals surface area (Å²) in [7, 11) is 0. The average molecular weight is 475 g/mol. The Hall–Kier alpha value is -2.49. The molecule has 1 N–H and O–H groups in total. The van der Waals surface area contributed by atoms with Crippen molar-refractivity contribution in [1.82, 2.24) is 9.88 Å². The Balaban J connectivity index is 1.67. The van der Waals surface area contributed by atoms with Crippen LogP contribution in [0, 0.1) is 0 Å². The van der Waals surface area contributed by atoms with E-state index in [-0.39, 0.29) is 29.7 Å². The quantitative estimate of drug-likeness (QED) is 0.646. The molecule has 1 aromatic heterocycles. The third kappa shape index (κ3) is 5.99. The number of carboxylic acid groups (broad SMARTS) is 1. The number of benzene rings is 1. The van der Waals surface area contributed by atoms with Crippen LogP contribution in [0.5, 0.6) is 11.6 Å². The van der Waals surface area contributed by atoms with Gasteiger partial charge < -0.3 is 19.5 Å². The maximum absolute atomic E-state index is 12.6. The molecule has 0 unspecified atom stereocenters. The summed E-state index contributed by atoms with van der Waals surface area (Å²) in [5.74, 6) is 0.0408. The molecule has 1 amide bonds. The van der Waals surface area contributed by atoms with E-state index in [1.54, 1.807) is 18.2 Å². The minimum Gasteiger partial charge on any atom is -0.473 e. The number of hydrogen-bond donors (Lipinski definition) is 1.